The molecule has 5 nitrogen and oxygen atoms in total. The van der Waals surface area contributed by atoms with Crippen LogP contribution in [0.5, 0.6) is 5.75 Å². The van der Waals surface area contributed by atoms with Crippen LogP contribution in [0.25, 0.3) is 23.2 Å². The SMILES string of the molecule is COc1ccc(/C=C/c2nc3ccccc3n2CC(=O)N(C)Cc2ccccc2)cc1. The van der Waals surface area contributed by atoms with E-state index in [4.69, 9.17) is 9.72 Å². The van der Waals surface area contributed by atoms with E-state index in [9.17, 15) is 4.79 Å². The topological polar surface area (TPSA) is 47.4 Å². The van der Waals surface area contributed by atoms with Crippen LogP contribution in [0, 0.1) is 0 Å². The second-order valence-corrected chi connectivity index (χ2v) is 7.39. The van der Waals surface area contributed by atoms with Gasteiger partial charge in [0.1, 0.15) is 18.1 Å². The van der Waals surface area contributed by atoms with Gasteiger partial charge in [-0.1, -0.05) is 60.7 Å². The molecule has 0 aliphatic carbocycles. The Balaban J connectivity index is 1.58. The molecule has 0 spiro atoms. The van der Waals surface area contributed by atoms with Crippen LogP contribution in [-0.4, -0.2) is 34.5 Å². The molecule has 0 atom stereocenters. The number of imidazole rings is 1. The van der Waals surface area contributed by atoms with Crippen LogP contribution < -0.4 is 4.74 Å². The Morgan fingerprint density at radius 2 is 1.68 bits per heavy atom. The first-order chi connectivity index (χ1) is 15.1. The van der Waals surface area contributed by atoms with Crippen LogP contribution in [0.15, 0.2) is 78.9 Å². The average Bonchev–Trinajstić information content (AvgIpc) is 3.16. The van der Waals surface area contributed by atoms with Crippen molar-refractivity contribution in [3.63, 3.8) is 0 Å². The van der Waals surface area contributed by atoms with Gasteiger partial charge in [0.15, 0.2) is 0 Å². The van der Waals surface area contributed by atoms with Crippen molar-refractivity contribution in [1.29, 1.82) is 0 Å². The molecule has 0 N–H and O–H groups in total. The average molecular weight is 412 g/mol. The lowest BCUT2D eigenvalue weighted by Gasteiger charge is -2.18. The summed E-state index contributed by atoms with van der Waals surface area (Å²) in [6, 6.07) is 25.7. The summed E-state index contributed by atoms with van der Waals surface area (Å²) in [5, 5.41) is 0. The minimum absolute atomic E-state index is 0.0334. The first-order valence-corrected chi connectivity index (χ1v) is 10.2. The van der Waals surface area contributed by atoms with Gasteiger partial charge in [-0.05, 0) is 41.5 Å². The number of rotatable bonds is 7. The fourth-order valence-corrected chi connectivity index (χ4v) is 3.47. The number of nitrogens with zero attached hydrogens (tertiary/aromatic N) is 3. The standard InChI is InChI=1S/C26H25N3O2/c1-28(18-21-8-4-3-5-9-21)26(30)19-29-24-11-7-6-10-23(24)27-25(29)17-14-20-12-15-22(31-2)16-13-20/h3-17H,18-19H2,1-2H3/b17-14+. The fraction of sp³-hybridized carbons (Fsp3) is 0.154. The Bertz CT molecular complexity index is 1190. The number of amides is 1. The highest BCUT2D eigenvalue weighted by molar-refractivity contribution is 5.83. The minimum Gasteiger partial charge on any atom is -0.497 e. The third-order valence-electron chi connectivity index (χ3n) is 5.21. The maximum atomic E-state index is 13.0. The molecule has 0 radical (unpaired) electrons. The van der Waals surface area contributed by atoms with Crippen LogP contribution in [0.1, 0.15) is 17.0 Å². The molecule has 0 saturated carbocycles. The van der Waals surface area contributed by atoms with E-state index in [1.54, 1.807) is 12.0 Å². The molecule has 156 valence electrons. The molecule has 5 heteroatoms. The largest absolute Gasteiger partial charge is 0.497 e. The van der Waals surface area contributed by atoms with Gasteiger partial charge in [0, 0.05) is 13.6 Å². The van der Waals surface area contributed by atoms with Gasteiger partial charge in [-0.15, -0.1) is 0 Å². The van der Waals surface area contributed by atoms with Crippen LogP contribution in [-0.2, 0) is 17.9 Å². The molecule has 0 aliphatic heterocycles. The molecule has 1 aromatic heterocycles. The molecular weight excluding hydrogens is 386 g/mol. The van der Waals surface area contributed by atoms with Crippen molar-refractivity contribution >= 4 is 29.1 Å². The van der Waals surface area contributed by atoms with Crippen LogP contribution in [0.4, 0.5) is 0 Å². The fourth-order valence-electron chi connectivity index (χ4n) is 3.47. The van der Waals surface area contributed by atoms with E-state index in [2.05, 4.69) is 0 Å². The molecule has 0 fully saturated rings. The van der Waals surface area contributed by atoms with Gasteiger partial charge < -0.3 is 14.2 Å². The van der Waals surface area contributed by atoms with E-state index in [-0.39, 0.29) is 12.5 Å². The summed E-state index contributed by atoms with van der Waals surface area (Å²) in [6.07, 6.45) is 3.95. The first-order valence-electron chi connectivity index (χ1n) is 10.2. The van der Waals surface area contributed by atoms with E-state index < -0.39 is 0 Å². The van der Waals surface area contributed by atoms with E-state index in [0.29, 0.717) is 6.54 Å². The number of carbonyl (C=O) groups excluding carboxylic acids is 1. The highest BCUT2D eigenvalue weighted by Crippen LogP contribution is 2.19. The summed E-state index contributed by atoms with van der Waals surface area (Å²) in [4.78, 5) is 19.5. The number of ether oxygens (including phenoxy) is 1. The first kappa shape index (κ1) is 20.4. The van der Waals surface area contributed by atoms with Crippen molar-refractivity contribution in [2.75, 3.05) is 14.2 Å². The van der Waals surface area contributed by atoms with Crippen molar-refractivity contribution in [1.82, 2.24) is 14.5 Å². The van der Waals surface area contributed by atoms with E-state index in [0.717, 1.165) is 33.7 Å². The smallest absolute Gasteiger partial charge is 0.242 e. The number of aromatic nitrogens is 2. The zero-order valence-electron chi connectivity index (χ0n) is 17.7. The normalized spacial score (nSPS) is 11.2. The maximum absolute atomic E-state index is 13.0. The molecular formula is C26H25N3O2. The number of benzene rings is 3. The van der Waals surface area contributed by atoms with Crippen LogP contribution in [0.2, 0.25) is 0 Å². The molecule has 0 aliphatic rings. The number of fused-ring (bicyclic) bond motifs is 1. The molecule has 31 heavy (non-hydrogen) atoms. The zero-order valence-corrected chi connectivity index (χ0v) is 17.7. The Morgan fingerprint density at radius 3 is 2.42 bits per heavy atom. The Labute approximate surface area is 182 Å². The number of methoxy groups -OCH3 is 1. The number of carbonyl (C=O) groups is 1. The van der Waals surface area contributed by atoms with Crippen molar-refractivity contribution in [3.8, 4) is 5.75 Å². The van der Waals surface area contributed by atoms with Crippen molar-refractivity contribution < 1.29 is 9.53 Å². The van der Waals surface area contributed by atoms with E-state index in [1.807, 2.05) is 103 Å². The lowest BCUT2D eigenvalue weighted by molar-refractivity contribution is -0.131. The highest BCUT2D eigenvalue weighted by atomic mass is 16.5. The maximum Gasteiger partial charge on any atom is 0.242 e. The van der Waals surface area contributed by atoms with E-state index >= 15 is 0 Å². The third-order valence-corrected chi connectivity index (χ3v) is 5.21. The Hall–Kier alpha value is -3.86. The molecule has 0 unspecified atom stereocenters. The molecule has 1 amide bonds. The molecule has 0 saturated heterocycles. The predicted molar refractivity (Wildman–Crippen MR) is 125 cm³/mol. The Morgan fingerprint density at radius 1 is 0.968 bits per heavy atom. The van der Waals surface area contributed by atoms with Gasteiger partial charge in [0.25, 0.3) is 0 Å². The van der Waals surface area contributed by atoms with E-state index in [1.165, 1.54) is 0 Å². The summed E-state index contributed by atoms with van der Waals surface area (Å²) in [5.74, 6) is 1.60. The van der Waals surface area contributed by atoms with Gasteiger partial charge in [0.2, 0.25) is 5.91 Å². The van der Waals surface area contributed by atoms with Gasteiger partial charge in [-0.3, -0.25) is 4.79 Å². The zero-order chi connectivity index (χ0) is 21.6. The lowest BCUT2D eigenvalue weighted by Crippen LogP contribution is -2.30. The van der Waals surface area contributed by atoms with Gasteiger partial charge in [0.05, 0.1) is 18.1 Å². The van der Waals surface area contributed by atoms with Gasteiger partial charge in [-0.25, -0.2) is 4.98 Å². The quantitative estimate of drug-likeness (QED) is 0.436. The number of hydrogen-bond acceptors (Lipinski definition) is 3. The van der Waals surface area contributed by atoms with Crippen LogP contribution in [0.3, 0.4) is 0 Å². The third kappa shape index (κ3) is 4.83. The second-order valence-electron chi connectivity index (χ2n) is 7.39. The minimum atomic E-state index is 0.0334. The monoisotopic (exact) mass is 411 g/mol. The Kier molecular flexibility index (Phi) is 6.13. The summed E-state index contributed by atoms with van der Waals surface area (Å²) >= 11 is 0. The molecule has 4 rings (SSSR count). The summed E-state index contributed by atoms with van der Waals surface area (Å²) in [5.41, 5.74) is 3.95. The van der Waals surface area contributed by atoms with Crippen LogP contribution >= 0.6 is 0 Å². The summed E-state index contributed by atoms with van der Waals surface area (Å²) < 4.78 is 7.19. The highest BCUT2D eigenvalue weighted by Gasteiger charge is 2.15. The van der Waals surface area contributed by atoms with Gasteiger partial charge >= 0.3 is 0 Å². The van der Waals surface area contributed by atoms with Crippen molar-refractivity contribution in [3.05, 3.63) is 95.8 Å². The van der Waals surface area contributed by atoms with Crippen molar-refractivity contribution in [2.24, 2.45) is 0 Å². The lowest BCUT2D eigenvalue weighted by atomic mass is 10.2. The predicted octanol–water partition coefficient (Wildman–Crippen LogP) is 4.87. The van der Waals surface area contributed by atoms with Gasteiger partial charge in [-0.2, -0.15) is 0 Å². The molecule has 4 aromatic rings. The summed E-state index contributed by atoms with van der Waals surface area (Å²) in [7, 11) is 3.49. The number of likely N-dealkylation sites (N-methyl/N-ethyl adjacent to an activating group) is 1. The number of hydrogen-bond donors (Lipinski definition) is 0. The van der Waals surface area contributed by atoms with Crippen molar-refractivity contribution in [2.45, 2.75) is 13.1 Å². The second kappa shape index (κ2) is 9.30. The number of para-hydroxylation sites is 2. The molecule has 3 aromatic carbocycles. The molecule has 1 heterocycles. The molecule has 0 bridgehead atoms. The summed E-state index contributed by atoms with van der Waals surface area (Å²) in [6.45, 7) is 0.801.